The number of hydrogen-bond acceptors (Lipinski definition) is 6. The molecule has 2 aliphatic rings. The molecule has 1 spiro atoms. The fraction of sp³-hybridized carbons (Fsp3) is 0.381. The number of hydrogen-bond donors (Lipinski definition) is 0. The van der Waals surface area contributed by atoms with Crippen molar-refractivity contribution in [1.82, 2.24) is 3.71 Å². The smallest absolute Gasteiger partial charge is 0.312 e. The number of sulfonamides is 2. The molecule has 1 aliphatic heterocycles. The molecule has 0 radical (unpaired) electrons. The van der Waals surface area contributed by atoms with E-state index in [1.54, 1.807) is 24.3 Å². The fourth-order valence-corrected chi connectivity index (χ4v) is 7.35. The molecule has 1 aliphatic carbocycles. The molecular weight excluding hydrogens is 426 g/mol. The minimum atomic E-state index is -4.40. The van der Waals surface area contributed by atoms with Crippen LogP contribution in [0.25, 0.3) is 0 Å². The summed E-state index contributed by atoms with van der Waals surface area (Å²) in [6, 6.07) is 12.0. The third-order valence-corrected chi connectivity index (χ3v) is 9.99. The zero-order valence-corrected chi connectivity index (χ0v) is 18.4. The highest BCUT2D eigenvalue weighted by Gasteiger charge is 2.58. The van der Waals surface area contributed by atoms with Gasteiger partial charge in [0.15, 0.2) is 0 Å². The summed E-state index contributed by atoms with van der Waals surface area (Å²) in [6.07, 6.45) is 0.908. The van der Waals surface area contributed by atoms with Crippen molar-refractivity contribution in [3.8, 4) is 0 Å². The third kappa shape index (κ3) is 3.66. The molecular formula is C21H23NO6S2. The summed E-state index contributed by atoms with van der Waals surface area (Å²) in [6.45, 7) is 3.18. The van der Waals surface area contributed by atoms with Crippen molar-refractivity contribution in [2.24, 2.45) is 5.41 Å². The van der Waals surface area contributed by atoms with E-state index in [1.807, 2.05) is 13.8 Å². The van der Waals surface area contributed by atoms with E-state index in [-0.39, 0.29) is 15.8 Å². The summed E-state index contributed by atoms with van der Waals surface area (Å²) in [5.41, 5.74) is 1.14. The van der Waals surface area contributed by atoms with E-state index < -0.39 is 38.1 Å². The summed E-state index contributed by atoms with van der Waals surface area (Å²) >= 11 is 0. The first-order chi connectivity index (χ1) is 14.0. The van der Waals surface area contributed by atoms with Gasteiger partial charge in [-0.15, -0.1) is 0 Å². The Kier molecular flexibility index (Phi) is 5.03. The lowest BCUT2D eigenvalue weighted by atomic mass is 10.0. The van der Waals surface area contributed by atoms with Crippen LogP contribution in [0.4, 0.5) is 0 Å². The lowest BCUT2D eigenvalue weighted by Gasteiger charge is -2.24. The van der Waals surface area contributed by atoms with E-state index in [0.29, 0.717) is 23.0 Å². The highest BCUT2D eigenvalue weighted by atomic mass is 32.3. The minimum Gasteiger partial charge on any atom is -0.460 e. The normalized spacial score (nSPS) is 20.5. The lowest BCUT2D eigenvalue weighted by molar-refractivity contribution is -0.145. The Bertz CT molecular complexity index is 1110. The van der Waals surface area contributed by atoms with Crippen LogP contribution in [-0.2, 0) is 29.6 Å². The summed E-state index contributed by atoms with van der Waals surface area (Å²) in [7, 11) is -8.80. The van der Waals surface area contributed by atoms with Gasteiger partial charge in [0.05, 0.1) is 21.8 Å². The highest BCUT2D eigenvalue weighted by Crippen LogP contribution is 2.55. The van der Waals surface area contributed by atoms with Gasteiger partial charge in [-0.1, -0.05) is 39.1 Å². The SMILES string of the molecule is Cc1ccc(S(=O)(=O)N(C[C@@H]2CC3(CC3)C(=O)O2)S(=O)(=O)c2ccc(C)cc2)cc1. The molecule has 0 N–H and O–H groups in total. The van der Waals surface area contributed by atoms with Crippen LogP contribution in [0.3, 0.4) is 0 Å². The summed E-state index contributed by atoms with van der Waals surface area (Å²) in [5.74, 6) is -0.368. The van der Waals surface area contributed by atoms with Crippen LogP contribution in [0.1, 0.15) is 30.4 Å². The molecule has 2 fully saturated rings. The van der Waals surface area contributed by atoms with Gasteiger partial charge in [0.25, 0.3) is 20.0 Å². The molecule has 1 saturated heterocycles. The standard InChI is InChI=1S/C21H23NO6S2/c1-15-3-7-18(8-4-15)29(24,25)22(14-17-13-21(11-12-21)20(23)28-17)30(26,27)19-9-5-16(2)6-10-19/h3-10,17H,11-14H2,1-2H3/t17-/m0/s1. The number of aryl methyl sites for hydroxylation is 2. The molecule has 30 heavy (non-hydrogen) atoms. The van der Waals surface area contributed by atoms with E-state index in [1.165, 1.54) is 24.3 Å². The van der Waals surface area contributed by atoms with Gasteiger partial charge in [-0.05, 0) is 51.0 Å². The molecule has 4 rings (SSSR count). The predicted molar refractivity (Wildman–Crippen MR) is 110 cm³/mol. The van der Waals surface area contributed by atoms with E-state index in [4.69, 9.17) is 4.74 Å². The Morgan fingerprint density at radius 1 is 0.867 bits per heavy atom. The minimum absolute atomic E-state index is 0.130. The number of nitrogens with zero attached hydrogens (tertiary/aromatic N) is 1. The van der Waals surface area contributed by atoms with E-state index in [9.17, 15) is 21.6 Å². The van der Waals surface area contributed by atoms with Crippen molar-refractivity contribution >= 4 is 26.0 Å². The van der Waals surface area contributed by atoms with E-state index in [0.717, 1.165) is 11.1 Å². The van der Waals surface area contributed by atoms with Gasteiger partial charge < -0.3 is 4.74 Å². The molecule has 0 amide bonds. The number of rotatable bonds is 6. The molecule has 1 saturated carbocycles. The summed E-state index contributed by atoms with van der Waals surface area (Å²) in [5, 5.41) is 0. The number of carbonyl (C=O) groups is 1. The second-order valence-corrected chi connectivity index (χ2v) is 12.1. The van der Waals surface area contributed by atoms with Gasteiger partial charge >= 0.3 is 5.97 Å². The fourth-order valence-electron chi connectivity index (χ4n) is 3.65. The predicted octanol–water partition coefficient (Wildman–Crippen LogP) is 2.78. The molecule has 1 atom stereocenters. The molecule has 9 heteroatoms. The van der Waals surface area contributed by atoms with Crippen molar-refractivity contribution in [2.45, 2.75) is 49.0 Å². The van der Waals surface area contributed by atoms with Crippen molar-refractivity contribution in [1.29, 1.82) is 0 Å². The van der Waals surface area contributed by atoms with Crippen LogP contribution >= 0.6 is 0 Å². The Morgan fingerprint density at radius 3 is 1.67 bits per heavy atom. The molecule has 0 unspecified atom stereocenters. The topological polar surface area (TPSA) is 97.8 Å². The number of carbonyl (C=O) groups excluding carboxylic acids is 1. The molecule has 2 aromatic rings. The van der Waals surface area contributed by atoms with Crippen molar-refractivity contribution < 1.29 is 26.4 Å². The first kappa shape index (κ1) is 21.0. The van der Waals surface area contributed by atoms with Gasteiger partial charge in [-0.25, -0.2) is 16.8 Å². The van der Waals surface area contributed by atoms with Crippen molar-refractivity contribution in [3.63, 3.8) is 0 Å². The van der Waals surface area contributed by atoms with Gasteiger partial charge in [0.1, 0.15) is 6.10 Å². The van der Waals surface area contributed by atoms with Crippen LogP contribution in [-0.4, -0.2) is 39.2 Å². The number of cyclic esters (lactones) is 1. The molecule has 0 bridgehead atoms. The molecule has 2 aromatic carbocycles. The largest absolute Gasteiger partial charge is 0.460 e. The van der Waals surface area contributed by atoms with Crippen LogP contribution < -0.4 is 0 Å². The van der Waals surface area contributed by atoms with Gasteiger partial charge in [-0.2, -0.15) is 0 Å². The van der Waals surface area contributed by atoms with E-state index in [2.05, 4.69) is 0 Å². The van der Waals surface area contributed by atoms with Crippen LogP contribution in [0, 0.1) is 19.3 Å². The third-order valence-electron chi connectivity index (χ3n) is 5.71. The first-order valence-corrected chi connectivity index (χ1v) is 12.6. The summed E-state index contributed by atoms with van der Waals surface area (Å²) in [4.78, 5) is 11.9. The Labute approximate surface area is 176 Å². The molecule has 0 aromatic heterocycles. The Hall–Kier alpha value is -2.23. The van der Waals surface area contributed by atoms with Gasteiger partial charge in [0.2, 0.25) is 0 Å². The van der Waals surface area contributed by atoms with Crippen LogP contribution in [0.2, 0.25) is 0 Å². The monoisotopic (exact) mass is 449 g/mol. The van der Waals surface area contributed by atoms with Crippen LogP contribution in [0.15, 0.2) is 58.3 Å². The average Bonchev–Trinajstić information content (AvgIpc) is 3.40. The Balaban J connectivity index is 1.75. The molecule has 1 heterocycles. The second kappa shape index (κ2) is 7.18. The number of ether oxygens (including phenoxy) is 1. The van der Waals surface area contributed by atoms with Crippen molar-refractivity contribution in [3.05, 3.63) is 59.7 Å². The zero-order valence-electron chi connectivity index (χ0n) is 16.7. The zero-order chi connectivity index (χ0) is 21.7. The number of benzene rings is 2. The average molecular weight is 450 g/mol. The van der Waals surface area contributed by atoms with Crippen molar-refractivity contribution in [2.75, 3.05) is 6.54 Å². The van der Waals surface area contributed by atoms with E-state index >= 15 is 0 Å². The summed E-state index contributed by atoms with van der Waals surface area (Å²) < 4.78 is 59.4. The maximum absolute atomic E-state index is 13.4. The lowest BCUT2D eigenvalue weighted by Crippen LogP contribution is -2.41. The number of esters is 1. The molecule has 160 valence electrons. The second-order valence-electron chi connectivity index (χ2n) is 8.10. The highest BCUT2D eigenvalue weighted by molar-refractivity contribution is 8.04. The maximum atomic E-state index is 13.4. The van der Waals surface area contributed by atoms with Gasteiger partial charge in [-0.3, -0.25) is 4.79 Å². The molecule has 7 nitrogen and oxygen atoms in total. The van der Waals surface area contributed by atoms with Crippen LogP contribution in [0.5, 0.6) is 0 Å². The quantitative estimate of drug-likeness (QED) is 0.629. The first-order valence-electron chi connectivity index (χ1n) is 9.67. The maximum Gasteiger partial charge on any atom is 0.312 e. The Morgan fingerprint density at radius 2 is 1.30 bits per heavy atom. The van der Waals surface area contributed by atoms with Gasteiger partial charge in [0, 0.05) is 6.42 Å².